The molecule has 1 rings (SSSR count). The van der Waals surface area contributed by atoms with Crippen molar-refractivity contribution in [3.8, 4) is 11.5 Å². The van der Waals surface area contributed by atoms with Gasteiger partial charge < -0.3 is 19.7 Å². The van der Waals surface area contributed by atoms with E-state index in [0.29, 0.717) is 24.6 Å². The maximum Gasteiger partial charge on any atom is 0.161 e. The summed E-state index contributed by atoms with van der Waals surface area (Å²) in [7, 11) is 1.60. The summed E-state index contributed by atoms with van der Waals surface area (Å²) in [4.78, 5) is 1.97. The first-order valence-electron chi connectivity index (χ1n) is 7.59. The van der Waals surface area contributed by atoms with Gasteiger partial charge in [0.25, 0.3) is 0 Å². The van der Waals surface area contributed by atoms with Crippen LogP contribution in [0.25, 0.3) is 6.08 Å². The molecule has 1 atom stereocenters. The van der Waals surface area contributed by atoms with Crippen molar-refractivity contribution in [1.29, 1.82) is 0 Å². The first-order valence-corrected chi connectivity index (χ1v) is 7.59. The van der Waals surface area contributed by atoms with Crippen LogP contribution in [0.15, 0.2) is 24.3 Å². The van der Waals surface area contributed by atoms with Crippen molar-refractivity contribution < 1.29 is 19.7 Å². The fraction of sp³-hybridized carbons (Fsp3) is 0.529. The molecule has 0 aliphatic rings. The fourth-order valence-corrected chi connectivity index (χ4v) is 2.16. The zero-order valence-corrected chi connectivity index (χ0v) is 13.7. The Morgan fingerprint density at radius 3 is 2.68 bits per heavy atom. The van der Waals surface area contributed by atoms with Gasteiger partial charge in [0.15, 0.2) is 11.5 Å². The SMILES string of the molecule is C/C=C/c1ccc(OCC(O)CN(CC)CCO)c(OC)c1. The fourth-order valence-electron chi connectivity index (χ4n) is 2.16. The average Bonchev–Trinajstić information content (AvgIpc) is 2.53. The molecule has 0 aliphatic heterocycles. The topological polar surface area (TPSA) is 62.2 Å². The third-order valence-corrected chi connectivity index (χ3v) is 3.31. The molecule has 2 N–H and O–H groups in total. The molecule has 0 bridgehead atoms. The number of likely N-dealkylation sites (N-methyl/N-ethyl adjacent to an activating group) is 1. The van der Waals surface area contributed by atoms with Crippen LogP contribution in [0.2, 0.25) is 0 Å². The minimum absolute atomic E-state index is 0.0850. The highest BCUT2D eigenvalue weighted by Gasteiger charge is 2.12. The summed E-state index contributed by atoms with van der Waals surface area (Å²) >= 11 is 0. The number of rotatable bonds is 10. The Hall–Kier alpha value is -1.56. The van der Waals surface area contributed by atoms with Gasteiger partial charge in [-0.05, 0) is 31.2 Å². The minimum atomic E-state index is -0.619. The molecule has 0 aromatic heterocycles. The third-order valence-electron chi connectivity index (χ3n) is 3.31. The van der Waals surface area contributed by atoms with Crippen molar-refractivity contribution in [3.63, 3.8) is 0 Å². The minimum Gasteiger partial charge on any atom is -0.493 e. The summed E-state index contributed by atoms with van der Waals surface area (Å²) in [5.74, 6) is 1.26. The van der Waals surface area contributed by atoms with Gasteiger partial charge in [-0.2, -0.15) is 0 Å². The van der Waals surface area contributed by atoms with E-state index < -0.39 is 6.10 Å². The zero-order chi connectivity index (χ0) is 16.4. The summed E-state index contributed by atoms with van der Waals surface area (Å²) in [6.45, 7) is 6.01. The van der Waals surface area contributed by atoms with Crippen LogP contribution < -0.4 is 9.47 Å². The molecule has 0 saturated carbocycles. The van der Waals surface area contributed by atoms with Crippen molar-refractivity contribution >= 4 is 6.08 Å². The van der Waals surface area contributed by atoms with Gasteiger partial charge in [0.2, 0.25) is 0 Å². The predicted molar refractivity (Wildman–Crippen MR) is 88.4 cm³/mol. The van der Waals surface area contributed by atoms with Gasteiger partial charge in [0, 0.05) is 13.1 Å². The summed E-state index contributed by atoms with van der Waals surface area (Å²) < 4.78 is 11.0. The van der Waals surface area contributed by atoms with Gasteiger partial charge in [0.1, 0.15) is 12.7 Å². The van der Waals surface area contributed by atoms with Gasteiger partial charge in [-0.1, -0.05) is 25.1 Å². The Balaban J connectivity index is 2.59. The lowest BCUT2D eigenvalue weighted by Crippen LogP contribution is -2.37. The van der Waals surface area contributed by atoms with Gasteiger partial charge in [-0.3, -0.25) is 4.90 Å². The van der Waals surface area contributed by atoms with Crippen molar-refractivity contribution in [2.75, 3.05) is 40.0 Å². The first kappa shape index (κ1) is 18.5. The maximum atomic E-state index is 10.0. The van der Waals surface area contributed by atoms with Crippen molar-refractivity contribution in [2.24, 2.45) is 0 Å². The number of nitrogens with zero attached hydrogens (tertiary/aromatic N) is 1. The molecule has 0 amide bonds. The summed E-state index contributed by atoms with van der Waals surface area (Å²) in [5, 5.41) is 19.0. The van der Waals surface area contributed by atoms with Crippen LogP contribution in [0, 0.1) is 0 Å². The molecule has 5 nitrogen and oxygen atoms in total. The number of benzene rings is 1. The standard InChI is InChI=1S/C17H27NO4/c1-4-6-14-7-8-16(17(11-14)21-3)22-13-15(20)12-18(5-2)9-10-19/h4,6-8,11,15,19-20H,5,9-10,12-13H2,1-3H3/b6-4+. The van der Waals surface area contributed by atoms with Crippen LogP contribution in [-0.2, 0) is 0 Å². The molecule has 0 spiro atoms. The second-order valence-electron chi connectivity index (χ2n) is 4.99. The summed E-state index contributed by atoms with van der Waals surface area (Å²) in [5.41, 5.74) is 1.03. The smallest absolute Gasteiger partial charge is 0.161 e. The van der Waals surface area contributed by atoms with Crippen LogP contribution in [0.4, 0.5) is 0 Å². The van der Waals surface area contributed by atoms with Crippen LogP contribution in [0.5, 0.6) is 11.5 Å². The lowest BCUT2D eigenvalue weighted by Gasteiger charge is -2.23. The first-order chi connectivity index (χ1) is 10.6. The monoisotopic (exact) mass is 309 g/mol. The van der Waals surface area contributed by atoms with Gasteiger partial charge in [-0.15, -0.1) is 0 Å². The second kappa shape index (κ2) is 10.2. The molecule has 0 aliphatic carbocycles. The highest BCUT2D eigenvalue weighted by Crippen LogP contribution is 2.28. The number of methoxy groups -OCH3 is 1. The molecule has 1 aromatic carbocycles. The molecular weight excluding hydrogens is 282 g/mol. The molecule has 22 heavy (non-hydrogen) atoms. The average molecular weight is 309 g/mol. The Kier molecular flexibility index (Phi) is 8.58. The molecule has 1 unspecified atom stereocenters. The van der Waals surface area contributed by atoms with Crippen LogP contribution >= 0.6 is 0 Å². The molecule has 0 fully saturated rings. The van der Waals surface area contributed by atoms with E-state index in [1.165, 1.54) is 0 Å². The Bertz CT molecular complexity index is 462. The number of hydrogen-bond acceptors (Lipinski definition) is 5. The van der Waals surface area contributed by atoms with Crippen molar-refractivity contribution in [2.45, 2.75) is 20.0 Å². The summed E-state index contributed by atoms with van der Waals surface area (Å²) in [6, 6.07) is 5.67. The molecule has 0 saturated heterocycles. The molecule has 5 heteroatoms. The molecular formula is C17H27NO4. The van der Waals surface area contributed by atoms with Gasteiger partial charge in [-0.25, -0.2) is 0 Å². The lowest BCUT2D eigenvalue weighted by atomic mass is 10.2. The van der Waals surface area contributed by atoms with Crippen LogP contribution in [0.1, 0.15) is 19.4 Å². The maximum absolute atomic E-state index is 10.0. The van der Waals surface area contributed by atoms with E-state index in [1.54, 1.807) is 7.11 Å². The number of aliphatic hydroxyl groups excluding tert-OH is 2. The van der Waals surface area contributed by atoms with Crippen LogP contribution in [0.3, 0.4) is 0 Å². The van der Waals surface area contributed by atoms with Crippen molar-refractivity contribution in [3.05, 3.63) is 29.8 Å². The van der Waals surface area contributed by atoms with E-state index in [1.807, 2.05) is 49.1 Å². The number of ether oxygens (including phenoxy) is 2. The quantitative estimate of drug-likeness (QED) is 0.690. The Morgan fingerprint density at radius 2 is 2.09 bits per heavy atom. The molecule has 0 radical (unpaired) electrons. The number of allylic oxidation sites excluding steroid dienone is 1. The van der Waals surface area contributed by atoms with E-state index in [-0.39, 0.29) is 13.2 Å². The van der Waals surface area contributed by atoms with Gasteiger partial charge in [0.05, 0.1) is 13.7 Å². The summed E-state index contributed by atoms with van der Waals surface area (Å²) in [6.07, 6.45) is 3.32. The Morgan fingerprint density at radius 1 is 1.32 bits per heavy atom. The third kappa shape index (κ3) is 6.05. The van der Waals surface area contributed by atoms with Gasteiger partial charge >= 0.3 is 0 Å². The van der Waals surface area contributed by atoms with E-state index in [9.17, 15) is 5.11 Å². The van der Waals surface area contributed by atoms with Crippen molar-refractivity contribution in [1.82, 2.24) is 4.90 Å². The lowest BCUT2D eigenvalue weighted by molar-refractivity contribution is 0.0629. The second-order valence-corrected chi connectivity index (χ2v) is 4.99. The normalized spacial score (nSPS) is 12.8. The largest absolute Gasteiger partial charge is 0.493 e. The highest BCUT2D eigenvalue weighted by atomic mass is 16.5. The zero-order valence-electron chi connectivity index (χ0n) is 13.7. The van der Waals surface area contributed by atoms with E-state index in [4.69, 9.17) is 14.6 Å². The van der Waals surface area contributed by atoms with E-state index in [0.717, 1.165) is 12.1 Å². The molecule has 124 valence electrons. The van der Waals surface area contributed by atoms with E-state index in [2.05, 4.69) is 0 Å². The molecule has 1 aromatic rings. The number of aliphatic hydroxyl groups is 2. The highest BCUT2D eigenvalue weighted by molar-refractivity contribution is 5.55. The van der Waals surface area contributed by atoms with Crippen LogP contribution in [-0.4, -0.2) is 61.2 Å². The Labute approximate surface area is 132 Å². The van der Waals surface area contributed by atoms with E-state index >= 15 is 0 Å². The number of hydrogen-bond donors (Lipinski definition) is 2. The predicted octanol–water partition coefficient (Wildman–Crippen LogP) is 1.78. The molecule has 0 heterocycles.